The van der Waals surface area contributed by atoms with E-state index >= 15 is 0 Å². The van der Waals surface area contributed by atoms with Gasteiger partial charge >= 0.3 is 0 Å². The fourth-order valence-electron chi connectivity index (χ4n) is 2.76. The number of likely N-dealkylation sites (N-methyl/N-ethyl adjacent to an activating group) is 1. The number of Topliss-reactive ketones (excluding diaryl/α,β-unsaturated/α-hetero) is 1. The average Bonchev–Trinajstić information content (AvgIpc) is 2.88. The van der Waals surface area contributed by atoms with Crippen LogP contribution in [-0.4, -0.2) is 40.1 Å². The zero-order valence-electron chi connectivity index (χ0n) is 13.8. The minimum Gasteiger partial charge on any atom is -0.297 e. The summed E-state index contributed by atoms with van der Waals surface area (Å²) in [7, 11) is 3.98. The third-order valence-electron chi connectivity index (χ3n) is 4.59. The Morgan fingerprint density at radius 1 is 1.35 bits per heavy atom. The fraction of sp³-hybridized carbons (Fsp3) is 0.750. The Labute approximate surface area is 123 Å². The molecule has 0 amide bonds. The van der Waals surface area contributed by atoms with Crippen molar-refractivity contribution >= 4 is 5.78 Å². The van der Waals surface area contributed by atoms with E-state index in [-0.39, 0.29) is 11.3 Å². The van der Waals surface area contributed by atoms with Crippen LogP contribution in [0.5, 0.6) is 0 Å². The zero-order chi connectivity index (χ0) is 15.3. The molecule has 0 bridgehead atoms. The van der Waals surface area contributed by atoms with Gasteiger partial charge in [0.1, 0.15) is 0 Å². The van der Waals surface area contributed by atoms with Crippen LogP contribution >= 0.6 is 0 Å². The Bertz CT molecular complexity index is 433. The largest absolute Gasteiger partial charge is 0.297 e. The monoisotopic (exact) mass is 279 g/mol. The minimum atomic E-state index is -0.361. The van der Waals surface area contributed by atoms with E-state index in [0.717, 1.165) is 25.0 Å². The summed E-state index contributed by atoms with van der Waals surface area (Å²) in [5.41, 5.74) is 0.517. The third kappa shape index (κ3) is 3.29. The Morgan fingerprint density at radius 3 is 2.40 bits per heavy atom. The number of aromatic nitrogens is 2. The quantitative estimate of drug-likeness (QED) is 0.734. The molecular formula is C16H29N3O. The van der Waals surface area contributed by atoms with Crippen LogP contribution in [0.4, 0.5) is 0 Å². The molecule has 1 unspecified atom stereocenters. The Morgan fingerprint density at radius 2 is 1.95 bits per heavy atom. The number of hydrogen-bond donors (Lipinski definition) is 0. The summed E-state index contributed by atoms with van der Waals surface area (Å²) in [6.45, 7) is 8.45. The van der Waals surface area contributed by atoms with Crippen LogP contribution in [0, 0.1) is 0 Å². The van der Waals surface area contributed by atoms with Crippen molar-refractivity contribution < 1.29 is 4.79 Å². The van der Waals surface area contributed by atoms with Gasteiger partial charge in [-0.05, 0) is 46.3 Å². The summed E-state index contributed by atoms with van der Waals surface area (Å²) in [4.78, 5) is 14.8. The molecule has 0 aromatic carbocycles. The van der Waals surface area contributed by atoms with Gasteiger partial charge in [0.25, 0.3) is 0 Å². The molecule has 114 valence electrons. The topological polar surface area (TPSA) is 38.1 Å². The molecule has 4 heteroatoms. The van der Waals surface area contributed by atoms with Crippen LogP contribution < -0.4 is 0 Å². The Kier molecular flexibility index (Phi) is 5.93. The molecule has 1 aromatic heterocycles. The summed E-state index contributed by atoms with van der Waals surface area (Å²) in [6, 6.07) is 2.35. The molecule has 0 aliphatic heterocycles. The normalized spacial score (nSPS) is 13.8. The zero-order valence-corrected chi connectivity index (χ0v) is 13.8. The second kappa shape index (κ2) is 7.02. The lowest BCUT2D eigenvalue weighted by Crippen LogP contribution is -2.51. The third-order valence-corrected chi connectivity index (χ3v) is 4.59. The molecule has 0 N–H and O–H groups in total. The number of nitrogens with zero attached hydrogens (tertiary/aromatic N) is 3. The van der Waals surface area contributed by atoms with Gasteiger partial charge in [-0.2, -0.15) is 5.10 Å². The van der Waals surface area contributed by atoms with Gasteiger partial charge in [-0.15, -0.1) is 0 Å². The van der Waals surface area contributed by atoms with Crippen molar-refractivity contribution in [1.29, 1.82) is 0 Å². The number of carbonyl (C=O) groups is 1. The highest BCUT2D eigenvalue weighted by molar-refractivity contribution is 5.89. The highest BCUT2D eigenvalue weighted by Crippen LogP contribution is 2.24. The second-order valence-electron chi connectivity index (χ2n) is 5.78. The highest BCUT2D eigenvalue weighted by Gasteiger charge is 2.36. The number of rotatable bonds is 8. The van der Waals surface area contributed by atoms with Gasteiger partial charge in [0.2, 0.25) is 0 Å². The maximum atomic E-state index is 12.7. The molecule has 0 saturated carbocycles. The van der Waals surface area contributed by atoms with E-state index in [1.807, 2.05) is 31.0 Å². The van der Waals surface area contributed by atoms with Gasteiger partial charge in [0, 0.05) is 12.2 Å². The second-order valence-corrected chi connectivity index (χ2v) is 5.78. The van der Waals surface area contributed by atoms with Crippen molar-refractivity contribution in [2.45, 2.75) is 65.0 Å². The molecule has 20 heavy (non-hydrogen) atoms. The van der Waals surface area contributed by atoms with Crippen LogP contribution in [0.1, 0.15) is 58.7 Å². The van der Waals surface area contributed by atoms with E-state index in [0.29, 0.717) is 12.5 Å². The van der Waals surface area contributed by atoms with Crippen molar-refractivity contribution in [2.75, 3.05) is 14.1 Å². The first-order valence-electron chi connectivity index (χ1n) is 7.66. The Hall–Kier alpha value is -1.16. The van der Waals surface area contributed by atoms with Crippen molar-refractivity contribution in [2.24, 2.45) is 0 Å². The smallest absolute Gasteiger partial charge is 0.159 e. The lowest BCUT2D eigenvalue weighted by molar-refractivity contribution is -0.129. The molecular weight excluding hydrogens is 250 g/mol. The van der Waals surface area contributed by atoms with Crippen LogP contribution in [0.25, 0.3) is 0 Å². The minimum absolute atomic E-state index is 0.266. The molecule has 0 saturated heterocycles. The highest BCUT2D eigenvalue weighted by atomic mass is 16.1. The average molecular weight is 279 g/mol. The van der Waals surface area contributed by atoms with Crippen molar-refractivity contribution in [3.63, 3.8) is 0 Å². The van der Waals surface area contributed by atoms with Gasteiger partial charge in [-0.25, -0.2) is 0 Å². The van der Waals surface area contributed by atoms with Crippen LogP contribution in [0.15, 0.2) is 12.3 Å². The lowest BCUT2D eigenvalue weighted by Gasteiger charge is -2.36. The van der Waals surface area contributed by atoms with Gasteiger partial charge in [-0.3, -0.25) is 14.4 Å². The predicted molar refractivity (Wildman–Crippen MR) is 82.9 cm³/mol. The van der Waals surface area contributed by atoms with Crippen molar-refractivity contribution in [3.05, 3.63) is 18.0 Å². The maximum absolute atomic E-state index is 12.7. The first-order chi connectivity index (χ1) is 9.41. The number of ketones is 1. The van der Waals surface area contributed by atoms with Crippen molar-refractivity contribution in [3.8, 4) is 0 Å². The molecule has 0 aliphatic carbocycles. The van der Waals surface area contributed by atoms with E-state index in [1.165, 1.54) is 0 Å². The van der Waals surface area contributed by atoms with E-state index < -0.39 is 0 Å². The van der Waals surface area contributed by atoms with Crippen LogP contribution in [0.3, 0.4) is 0 Å². The maximum Gasteiger partial charge on any atom is 0.159 e. The van der Waals surface area contributed by atoms with E-state index in [9.17, 15) is 4.79 Å². The summed E-state index contributed by atoms with van der Waals surface area (Å²) >= 11 is 0. The van der Waals surface area contributed by atoms with E-state index in [2.05, 4.69) is 37.7 Å². The summed E-state index contributed by atoms with van der Waals surface area (Å²) in [6.07, 6.45) is 5.11. The van der Waals surface area contributed by atoms with Crippen LogP contribution in [-0.2, 0) is 11.2 Å². The van der Waals surface area contributed by atoms with Crippen LogP contribution in [0.2, 0.25) is 0 Å². The molecule has 0 fully saturated rings. The van der Waals surface area contributed by atoms with E-state index in [4.69, 9.17) is 0 Å². The summed E-state index contributed by atoms with van der Waals surface area (Å²) in [5.74, 6) is 0.266. The summed E-state index contributed by atoms with van der Waals surface area (Å²) < 4.78 is 1.96. The van der Waals surface area contributed by atoms with Gasteiger partial charge in [0.05, 0.1) is 17.7 Å². The van der Waals surface area contributed by atoms with Gasteiger partial charge in [0.15, 0.2) is 5.78 Å². The molecule has 0 spiro atoms. The number of carbonyl (C=O) groups excluding carboxylic acids is 1. The lowest BCUT2D eigenvalue weighted by atomic mass is 9.84. The molecule has 4 nitrogen and oxygen atoms in total. The predicted octanol–water partition coefficient (Wildman–Crippen LogP) is 3.09. The van der Waals surface area contributed by atoms with Gasteiger partial charge < -0.3 is 0 Å². The molecule has 1 atom stereocenters. The van der Waals surface area contributed by atoms with E-state index in [1.54, 1.807) is 0 Å². The molecule has 1 aromatic rings. The molecule has 1 rings (SSSR count). The summed E-state index contributed by atoms with van der Waals surface area (Å²) in [5, 5.41) is 4.54. The number of hydrogen-bond acceptors (Lipinski definition) is 3. The van der Waals surface area contributed by atoms with Gasteiger partial charge in [-0.1, -0.05) is 20.8 Å². The first kappa shape index (κ1) is 16.9. The van der Waals surface area contributed by atoms with Crippen molar-refractivity contribution in [1.82, 2.24) is 14.7 Å². The Balaban J connectivity index is 2.86. The molecule has 1 heterocycles. The standard InChI is InChI=1S/C16H29N3O/c1-7-13(4)19-11-10-14(17-19)12-15(20)16(8-2,9-3)18(5)6/h10-11,13H,7-9,12H2,1-6H3. The molecule has 0 aliphatic rings. The fourth-order valence-corrected chi connectivity index (χ4v) is 2.76. The first-order valence-corrected chi connectivity index (χ1v) is 7.66. The molecule has 0 radical (unpaired) electrons. The SMILES string of the molecule is CCC(C)n1ccc(CC(=O)C(CC)(CC)N(C)C)n1.